The molecule has 2 fully saturated rings. The molecule has 0 spiro atoms. The molecule has 0 radical (unpaired) electrons. The number of nitrogens with one attached hydrogen (secondary N) is 1. The average Bonchev–Trinajstić information content (AvgIpc) is 2.99. The third kappa shape index (κ3) is 5.26. The molecule has 1 amide bonds. The quantitative estimate of drug-likeness (QED) is 0.698. The van der Waals surface area contributed by atoms with Crippen LogP contribution in [-0.4, -0.2) is 61.0 Å². The molecule has 1 unspecified atom stereocenters. The van der Waals surface area contributed by atoms with E-state index in [0.29, 0.717) is 5.91 Å². The Morgan fingerprint density at radius 2 is 1.76 bits per heavy atom. The zero-order valence-electron chi connectivity index (χ0n) is 13.8. The number of rotatable bonds is 8. The summed E-state index contributed by atoms with van der Waals surface area (Å²) in [6, 6.07) is 0.179. The number of unbranched alkanes of at least 4 members (excludes halogenated alkanes) is 5. The van der Waals surface area contributed by atoms with Gasteiger partial charge in [-0.15, -0.1) is 0 Å². The average molecular weight is 295 g/mol. The molecule has 2 heterocycles. The van der Waals surface area contributed by atoms with Gasteiger partial charge in [-0.05, 0) is 32.4 Å². The Hall–Kier alpha value is -0.610. The Morgan fingerprint density at radius 1 is 1.05 bits per heavy atom. The van der Waals surface area contributed by atoms with Gasteiger partial charge in [0.25, 0.3) is 0 Å². The van der Waals surface area contributed by atoms with Crippen LogP contribution in [0.1, 0.15) is 58.3 Å². The number of piperazine rings is 1. The summed E-state index contributed by atoms with van der Waals surface area (Å²) >= 11 is 0. The van der Waals surface area contributed by atoms with Gasteiger partial charge >= 0.3 is 0 Å². The fraction of sp³-hybridized carbons (Fsp3) is 0.941. The van der Waals surface area contributed by atoms with Crippen LogP contribution in [0, 0.1) is 0 Å². The number of nitrogens with zero attached hydrogens (tertiary/aromatic N) is 2. The second kappa shape index (κ2) is 9.42. The van der Waals surface area contributed by atoms with Crippen LogP contribution >= 0.6 is 0 Å². The summed E-state index contributed by atoms with van der Waals surface area (Å²) in [7, 11) is 0. The highest BCUT2D eigenvalue weighted by molar-refractivity contribution is 5.82. The van der Waals surface area contributed by atoms with E-state index in [-0.39, 0.29) is 6.04 Å². The molecule has 4 nitrogen and oxygen atoms in total. The lowest BCUT2D eigenvalue weighted by atomic mass is 10.1. The third-order valence-corrected chi connectivity index (χ3v) is 4.88. The number of carbonyl (C=O) groups is 1. The molecule has 1 atom stereocenters. The summed E-state index contributed by atoms with van der Waals surface area (Å²) in [5.41, 5.74) is 0. The maximum Gasteiger partial charge on any atom is 0.240 e. The molecular weight excluding hydrogens is 262 g/mol. The second-order valence-electron chi connectivity index (χ2n) is 6.54. The van der Waals surface area contributed by atoms with Gasteiger partial charge in [-0.3, -0.25) is 9.69 Å². The molecule has 0 bridgehead atoms. The highest BCUT2D eigenvalue weighted by Crippen LogP contribution is 2.20. The molecular formula is C17H33N3O. The van der Waals surface area contributed by atoms with Gasteiger partial charge in [0.1, 0.15) is 0 Å². The van der Waals surface area contributed by atoms with E-state index in [1.54, 1.807) is 0 Å². The van der Waals surface area contributed by atoms with Crippen molar-refractivity contribution in [3.8, 4) is 0 Å². The number of hydrogen-bond acceptors (Lipinski definition) is 3. The molecule has 2 saturated heterocycles. The van der Waals surface area contributed by atoms with Gasteiger partial charge in [-0.2, -0.15) is 0 Å². The van der Waals surface area contributed by atoms with E-state index in [4.69, 9.17) is 0 Å². The van der Waals surface area contributed by atoms with Crippen molar-refractivity contribution < 1.29 is 4.79 Å². The Bertz CT molecular complexity index is 302. The minimum atomic E-state index is 0.179. The first-order valence-electron chi connectivity index (χ1n) is 9.06. The topological polar surface area (TPSA) is 35.6 Å². The Kier molecular flexibility index (Phi) is 7.51. The van der Waals surface area contributed by atoms with E-state index < -0.39 is 0 Å². The van der Waals surface area contributed by atoms with Crippen LogP contribution in [0.25, 0.3) is 0 Å². The maximum absolute atomic E-state index is 12.6. The van der Waals surface area contributed by atoms with Crippen LogP contribution in [0.3, 0.4) is 0 Å². The van der Waals surface area contributed by atoms with Gasteiger partial charge in [-0.25, -0.2) is 0 Å². The van der Waals surface area contributed by atoms with Gasteiger partial charge in [0.05, 0.1) is 6.04 Å². The minimum absolute atomic E-state index is 0.179. The predicted octanol–water partition coefficient (Wildman–Crippen LogP) is 2.24. The summed E-state index contributed by atoms with van der Waals surface area (Å²) in [6.45, 7) is 8.19. The standard InChI is InChI=1S/C17H33N3O/c1-2-3-4-5-6-7-12-19-13-8-9-16(19)17(21)20-14-10-18-11-15-20/h16,18H,2-15H2,1H3. The summed E-state index contributed by atoms with van der Waals surface area (Å²) < 4.78 is 0. The molecule has 0 saturated carbocycles. The third-order valence-electron chi connectivity index (χ3n) is 4.88. The lowest BCUT2D eigenvalue weighted by molar-refractivity contribution is -0.136. The van der Waals surface area contributed by atoms with Crippen LogP contribution in [0.4, 0.5) is 0 Å². The normalized spacial score (nSPS) is 23.7. The minimum Gasteiger partial charge on any atom is -0.339 e. The number of carbonyl (C=O) groups excluding carboxylic acids is 1. The molecule has 0 aromatic carbocycles. The van der Waals surface area contributed by atoms with E-state index in [1.165, 1.54) is 44.9 Å². The first kappa shape index (κ1) is 16.8. The van der Waals surface area contributed by atoms with E-state index in [1.807, 2.05) is 0 Å². The van der Waals surface area contributed by atoms with Crippen LogP contribution in [0.5, 0.6) is 0 Å². The van der Waals surface area contributed by atoms with Gasteiger partial charge in [0.2, 0.25) is 5.91 Å². The molecule has 0 aromatic rings. The Morgan fingerprint density at radius 3 is 2.52 bits per heavy atom. The number of amides is 1. The smallest absolute Gasteiger partial charge is 0.240 e. The van der Waals surface area contributed by atoms with Crippen molar-refractivity contribution in [2.75, 3.05) is 39.3 Å². The van der Waals surface area contributed by atoms with E-state index in [9.17, 15) is 4.79 Å². The van der Waals surface area contributed by atoms with Crippen LogP contribution < -0.4 is 5.32 Å². The summed E-state index contributed by atoms with van der Waals surface area (Å²) in [6.07, 6.45) is 10.3. The zero-order chi connectivity index (χ0) is 14.9. The molecule has 1 N–H and O–H groups in total. The molecule has 2 aliphatic rings. The van der Waals surface area contributed by atoms with Gasteiger partial charge in [-0.1, -0.05) is 39.0 Å². The summed E-state index contributed by atoms with van der Waals surface area (Å²) in [5, 5.41) is 3.32. The van der Waals surface area contributed by atoms with E-state index in [0.717, 1.165) is 45.7 Å². The first-order chi connectivity index (χ1) is 10.3. The van der Waals surface area contributed by atoms with Crippen LogP contribution in [0.2, 0.25) is 0 Å². The number of likely N-dealkylation sites (tertiary alicyclic amines) is 1. The van der Waals surface area contributed by atoms with Crippen molar-refractivity contribution in [3.05, 3.63) is 0 Å². The Labute approximate surface area is 130 Å². The largest absolute Gasteiger partial charge is 0.339 e. The maximum atomic E-state index is 12.6. The monoisotopic (exact) mass is 295 g/mol. The van der Waals surface area contributed by atoms with Gasteiger partial charge < -0.3 is 10.2 Å². The van der Waals surface area contributed by atoms with Crippen molar-refractivity contribution >= 4 is 5.91 Å². The fourth-order valence-electron chi connectivity index (χ4n) is 3.56. The molecule has 2 aliphatic heterocycles. The van der Waals surface area contributed by atoms with Crippen LogP contribution in [-0.2, 0) is 4.79 Å². The van der Waals surface area contributed by atoms with Crippen molar-refractivity contribution in [1.29, 1.82) is 0 Å². The van der Waals surface area contributed by atoms with Crippen molar-refractivity contribution in [1.82, 2.24) is 15.1 Å². The second-order valence-corrected chi connectivity index (χ2v) is 6.54. The fourth-order valence-corrected chi connectivity index (χ4v) is 3.56. The molecule has 0 aliphatic carbocycles. The zero-order valence-corrected chi connectivity index (χ0v) is 13.8. The highest BCUT2D eigenvalue weighted by atomic mass is 16.2. The van der Waals surface area contributed by atoms with Gasteiger partial charge in [0.15, 0.2) is 0 Å². The lowest BCUT2D eigenvalue weighted by Crippen LogP contribution is -2.52. The number of hydrogen-bond donors (Lipinski definition) is 1. The van der Waals surface area contributed by atoms with Crippen molar-refractivity contribution in [2.24, 2.45) is 0 Å². The molecule has 122 valence electrons. The predicted molar refractivity (Wildman–Crippen MR) is 87.4 cm³/mol. The molecule has 21 heavy (non-hydrogen) atoms. The van der Waals surface area contributed by atoms with Crippen LogP contribution in [0.15, 0.2) is 0 Å². The van der Waals surface area contributed by atoms with E-state index in [2.05, 4.69) is 22.0 Å². The van der Waals surface area contributed by atoms with Gasteiger partial charge in [0, 0.05) is 26.2 Å². The SMILES string of the molecule is CCCCCCCCN1CCCC1C(=O)N1CCNCC1. The Balaban J connectivity index is 1.68. The lowest BCUT2D eigenvalue weighted by Gasteiger charge is -2.33. The van der Waals surface area contributed by atoms with Crippen molar-refractivity contribution in [3.63, 3.8) is 0 Å². The highest BCUT2D eigenvalue weighted by Gasteiger charge is 2.33. The van der Waals surface area contributed by atoms with Crippen molar-refractivity contribution in [2.45, 2.75) is 64.3 Å². The molecule has 0 aromatic heterocycles. The molecule has 4 heteroatoms. The first-order valence-corrected chi connectivity index (χ1v) is 9.06. The van der Waals surface area contributed by atoms with E-state index >= 15 is 0 Å². The summed E-state index contributed by atoms with van der Waals surface area (Å²) in [5.74, 6) is 0.389. The molecule has 2 rings (SSSR count). The summed E-state index contributed by atoms with van der Waals surface area (Å²) in [4.78, 5) is 17.2.